The zero-order valence-corrected chi connectivity index (χ0v) is 10.7. The van der Waals surface area contributed by atoms with Crippen molar-refractivity contribution in [2.75, 3.05) is 20.3 Å². The van der Waals surface area contributed by atoms with Crippen LogP contribution in [0.1, 0.15) is 5.56 Å². The van der Waals surface area contributed by atoms with Crippen molar-refractivity contribution in [1.82, 2.24) is 5.32 Å². The average Bonchev–Trinajstić information content (AvgIpc) is 2.73. The van der Waals surface area contributed by atoms with Gasteiger partial charge >= 0.3 is 0 Å². The highest BCUT2D eigenvalue weighted by atomic mass is 32.1. The lowest BCUT2D eigenvalue weighted by molar-refractivity contribution is 0.0644. The van der Waals surface area contributed by atoms with Crippen LogP contribution in [0.4, 0.5) is 0 Å². The van der Waals surface area contributed by atoms with Crippen molar-refractivity contribution in [3.63, 3.8) is 0 Å². The quantitative estimate of drug-likeness (QED) is 0.825. The highest BCUT2D eigenvalue weighted by Crippen LogP contribution is 2.25. The Bertz CT molecular complexity index is 469. The van der Waals surface area contributed by atoms with Crippen molar-refractivity contribution in [3.8, 4) is 0 Å². The summed E-state index contributed by atoms with van der Waals surface area (Å²) in [5, 5.41) is 16.2. The number of ether oxygens (including phenoxy) is 1. The van der Waals surface area contributed by atoms with E-state index >= 15 is 0 Å². The molecule has 1 heterocycles. The van der Waals surface area contributed by atoms with Gasteiger partial charge in [-0.1, -0.05) is 18.2 Å². The second kappa shape index (κ2) is 6.12. The Labute approximate surface area is 105 Å². The Kier molecular flexibility index (Phi) is 4.50. The first-order valence-electron chi connectivity index (χ1n) is 5.64. The van der Waals surface area contributed by atoms with Gasteiger partial charge in [-0.25, -0.2) is 0 Å². The minimum Gasteiger partial charge on any atom is -0.389 e. The molecule has 1 aromatic heterocycles. The Balaban J connectivity index is 1.91. The molecule has 0 aliphatic heterocycles. The van der Waals surface area contributed by atoms with Crippen LogP contribution in [-0.4, -0.2) is 31.5 Å². The van der Waals surface area contributed by atoms with E-state index in [-0.39, 0.29) is 0 Å². The van der Waals surface area contributed by atoms with Gasteiger partial charge in [-0.2, -0.15) is 0 Å². The number of aliphatic hydroxyl groups excluding tert-OH is 1. The number of rotatable bonds is 6. The van der Waals surface area contributed by atoms with E-state index in [1.165, 1.54) is 15.6 Å². The number of methoxy groups -OCH3 is 1. The van der Waals surface area contributed by atoms with Crippen LogP contribution in [0.2, 0.25) is 0 Å². The second-order valence-electron chi connectivity index (χ2n) is 4.00. The van der Waals surface area contributed by atoms with Crippen molar-refractivity contribution < 1.29 is 9.84 Å². The van der Waals surface area contributed by atoms with E-state index in [0.717, 1.165) is 6.54 Å². The van der Waals surface area contributed by atoms with Crippen LogP contribution in [0.3, 0.4) is 0 Å². The summed E-state index contributed by atoms with van der Waals surface area (Å²) in [4.78, 5) is 0. The number of fused-ring (bicyclic) bond motifs is 1. The molecule has 3 nitrogen and oxygen atoms in total. The molecular weight excluding hydrogens is 234 g/mol. The molecule has 0 aliphatic carbocycles. The number of aliphatic hydroxyl groups is 1. The summed E-state index contributed by atoms with van der Waals surface area (Å²) in [6.45, 7) is 1.71. The van der Waals surface area contributed by atoms with Gasteiger partial charge in [0.05, 0.1) is 12.7 Å². The molecule has 17 heavy (non-hydrogen) atoms. The smallest absolute Gasteiger partial charge is 0.0897 e. The summed E-state index contributed by atoms with van der Waals surface area (Å²) in [6.07, 6.45) is -0.440. The lowest BCUT2D eigenvalue weighted by Crippen LogP contribution is -2.29. The van der Waals surface area contributed by atoms with Crippen molar-refractivity contribution >= 4 is 21.4 Å². The van der Waals surface area contributed by atoms with Crippen molar-refractivity contribution in [2.45, 2.75) is 12.6 Å². The second-order valence-corrected chi connectivity index (χ2v) is 4.91. The maximum atomic E-state index is 9.51. The Morgan fingerprint density at radius 2 is 2.24 bits per heavy atom. The van der Waals surface area contributed by atoms with Crippen LogP contribution in [-0.2, 0) is 11.3 Å². The van der Waals surface area contributed by atoms with Crippen molar-refractivity contribution in [3.05, 3.63) is 35.2 Å². The van der Waals surface area contributed by atoms with Gasteiger partial charge < -0.3 is 15.2 Å². The minimum atomic E-state index is -0.440. The van der Waals surface area contributed by atoms with E-state index in [2.05, 4.69) is 35.0 Å². The van der Waals surface area contributed by atoms with Crippen LogP contribution < -0.4 is 5.32 Å². The summed E-state index contributed by atoms with van der Waals surface area (Å²) >= 11 is 1.76. The van der Waals surface area contributed by atoms with E-state index < -0.39 is 6.10 Å². The third-order valence-corrected chi connectivity index (χ3v) is 3.63. The zero-order valence-electron chi connectivity index (χ0n) is 9.85. The van der Waals surface area contributed by atoms with Gasteiger partial charge in [0.2, 0.25) is 0 Å². The van der Waals surface area contributed by atoms with Gasteiger partial charge in [-0.15, -0.1) is 11.3 Å². The van der Waals surface area contributed by atoms with Crippen LogP contribution in [0.25, 0.3) is 10.1 Å². The first-order valence-corrected chi connectivity index (χ1v) is 6.52. The van der Waals surface area contributed by atoms with Gasteiger partial charge in [0, 0.05) is 24.9 Å². The molecule has 4 heteroatoms. The van der Waals surface area contributed by atoms with Crippen LogP contribution >= 0.6 is 11.3 Å². The molecule has 1 unspecified atom stereocenters. The molecule has 0 bridgehead atoms. The molecule has 92 valence electrons. The maximum Gasteiger partial charge on any atom is 0.0897 e. The average molecular weight is 251 g/mol. The third kappa shape index (κ3) is 3.26. The lowest BCUT2D eigenvalue weighted by Gasteiger charge is -2.10. The standard InChI is InChI=1S/C13H17NO2S/c1-16-8-11(15)7-14-6-10-9-17-13-5-3-2-4-12(10)13/h2-5,9,11,14-15H,6-8H2,1H3. The number of hydrogen-bond donors (Lipinski definition) is 2. The molecule has 0 saturated heterocycles. The van der Waals surface area contributed by atoms with Crippen LogP contribution in [0, 0.1) is 0 Å². The van der Waals surface area contributed by atoms with Gasteiger partial charge in [-0.05, 0) is 22.4 Å². The monoisotopic (exact) mass is 251 g/mol. The van der Waals surface area contributed by atoms with Gasteiger partial charge in [0.1, 0.15) is 0 Å². The molecule has 0 spiro atoms. The molecule has 0 fully saturated rings. The molecular formula is C13H17NO2S. The summed E-state index contributed by atoms with van der Waals surface area (Å²) in [5.74, 6) is 0. The van der Waals surface area contributed by atoms with E-state index in [9.17, 15) is 5.11 Å². The first-order chi connectivity index (χ1) is 8.31. The first kappa shape index (κ1) is 12.5. The summed E-state index contributed by atoms with van der Waals surface area (Å²) in [6, 6.07) is 8.37. The zero-order chi connectivity index (χ0) is 12.1. The van der Waals surface area contributed by atoms with Crippen LogP contribution in [0.15, 0.2) is 29.6 Å². The third-order valence-electron chi connectivity index (χ3n) is 2.62. The van der Waals surface area contributed by atoms with Gasteiger partial charge in [0.15, 0.2) is 0 Å². The Morgan fingerprint density at radius 1 is 1.41 bits per heavy atom. The highest BCUT2D eigenvalue weighted by molar-refractivity contribution is 7.17. The fourth-order valence-electron chi connectivity index (χ4n) is 1.79. The highest BCUT2D eigenvalue weighted by Gasteiger charge is 2.05. The lowest BCUT2D eigenvalue weighted by atomic mass is 10.2. The van der Waals surface area contributed by atoms with Crippen molar-refractivity contribution in [1.29, 1.82) is 0 Å². The Morgan fingerprint density at radius 3 is 3.06 bits per heavy atom. The number of thiophene rings is 1. The SMILES string of the molecule is COCC(O)CNCc1csc2ccccc12. The molecule has 2 aromatic rings. The van der Waals surface area contributed by atoms with Crippen LogP contribution in [0.5, 0.6) is 0 Å². The van der Waals surface area contributed by atoms with Gasteiger partial charge in [0.25, 0.3) is 0 Å². The van der Waals surface area contributed by atoms with E-state index in [1.54, 1.807) is 18.4 Å². The molecule has 0 amide bonds. The molecule has 0 radical (unpaired) electrons. The van der Waals surface area contributed by atoms with E-state index in [4.69, 9.17) is 4.74 Å². The fraction of sp³-hybridized carbons (Fsp3) is 0.385. The topological polar surface area (TPSA) is 41.5 Å². The summed E-state index contributed by atoms with van der Waals surface area (Å²) < 4.78 is 6.18. The molecule has 2 N–H and O–H groups in total. The number of nitrogens with one attached hydrogen (secondary N) is 1. The maximum absolute atomic E-state index is 9.51. The molecule has 0 saturated carbocycles. The Hall–Kier alpha value is -0.940. The fourth-order valence-corrected chi connectivity index (χ4v) is 2.76. The largest absolute Gasteiger partial charge is 0.389 e. The van der Waals surface area contributed by atoms with E-state index in [0.29, 0.717) is 13.2 Å². The molecule has 0 aliphatic rings. The normalized spacial score (nSPS) is 13.1. The molecule has 2 rings (SSSR count). The molecule has 1 aromatic carbocycles. The summed E-state index contributed by atoms with van der Waals surface area (Å²) in [7, 11) is 1.59. The number of benzene rings is 1. The minimum absolute atomic E-state index is 0.372. The predicted molar refractivity (Wildman–Crippen MR) is 71.4 cm³/mol. The van der Waals surface area contributed by atoms with E-state index in [1.807, 2.05) is 0 Å². The van der Waals surface area contributed by atoms with Gasteiger partial charge in [-0.3, -0.25) is 0 Å². The summed E-state index contributed by atoms with van der Waals surface area (Å²) in [5.41, 5.74) is 1.29. The number of hydrogen-bond acceptors (Lipinski definition) is 4. The predicted octanol–water partition coefficient (Wildman–Crippen LogP) is 2.00. The van der Waals surface area contributed by atoms with Crippen molar-refractivity contribution in [2.24, 2.45) is 0 Å². The molecule has 1 atom stereocenters.